The van der Waals surface area contributed by atoms with Gasteiger partial charge in [0, 0.05) is 19.3 Å². The predicted octanol–water partition coefficient (Wildman–Crippen LogP) is 1.14. The lowest BCUT2D eigenvalue weighted by Gasteiger charge is -2.17. The highest BCUT2D eigenvalue weighted by molar-refractivity contribution is 5.94. The number of nitrogens with one attached hydrogen (secondary N) is 1. The van der Waals surface area contributed by atoms with Gasteiger partial charge in [0.05, 0.1) is 12.8 Å². The summed E-state index contributed by atoms with van der Waals surface area (Å²) in [4.78, 5) is 23.4. The Morgan fingerprint density at radius 3 is 2.70 bits per heavy atom. The molecule has 0 saturated carbocycles. The smallest absolute Gasteiger partial charge is 0.328 e. The summed E-state index contributed by atoms with van der Waals surface area (Å²) in [5.74, 6) is -0.483. The Labute approximate surface area is 118 Å². The molecular weight excluding hydrogens is 258 g/mol. The van der Waals surface area contributed by atoms with Crippen molar-refractivity contribution in [3.63, 3.8) is 0 Å². The van der Waals surface area contributed by atoms with Crippen molar-refractivity contribution >= 4 is 18.0 Å². The van der Waals surface area contributed by atoms with Crippen molar-refractivity contribution in [1.29, 1.82) is 0 Å². The second-order valence-electron chi connectivity index (χ2n) is 4.93. The van der Waals surface area contributed by atoms with Crippen LogP contribution in [-0.4, -0.2) is 34.8 Å². The van der Waals surface area contributed by atoms with Gasteiger partial charge in [0.25, 0.3) is 0 Å². The minimum atomic E-state index is -0.622. The van der Waals surface area contributed by atoms with Crippen LogP contribution in [0, 0.1) is 5.92 Å². The molecule has 1 rings (SSSR count). The highest BCUT2D eigenvalue weighted by Crippen LogP contribution is 2.06. The largest absolute Gasteiger partial charge is 0.467 e. The topological polar surface area (TPSA) is 73.2 Å². The number of methoxy groups -OCH3 is 1. The van der Waals surface area contributed by atoms with E-state index in [1.54, 1.807) is 30.1 Å². The van der Waals surface area contributed by atoms with Gasteiger partial charge in [-0.2, -0.15) is 5.10 Å². The number of nitrogens with zero attached hydrogens (tertiary/aromatic N) is 2. The van der Waals surface area contributed by atoms with Crippen LogP contribution in [0.4, 0.5) is 0 Å². The number of hydrogen-bond acceptors (Lipinski definition) is 4. The molecule has 6 heteroatoms. The van der Waals surface area contributed by atoms with Crippen LogP contribution in [0.2, 0.25) is 0 Å². The fraction of sp³-hybridized carbons (Fsp3) is 0.500. The van der Waals surface area contributed by atoms with Crippen LogP contribution in [-0.2, 0) is 21.4 Å². The number of carbonyl (C=O) groups excluding carboxylic acids is 2. The van der Waals surface area contributed by atoms with Crippen LogP contribution in [0.3, 0.4) is 0 Å². The van der Waals surface area contributed by atoms with E-state index < -0.39 is 12.0 Å². The SMILES string of the molecule is COC(=O)C(CC(C)C)NC(=O)/C=C/c1ccnn1C. The molecule has 1 N–H and O–H groups in total. The molecular formula is C14H21N3O3. The van der Waals surface area contributed by atoms with E-state index in [1.807, 2.05) is 13.8 Å². The van der Waals surface area contributed by atoms with E-state index in [2.05, 4.69) is 10.4 Å². The van der Waals surface area contributed by atoms with Gasteiger partial charge in [-0.15, -0.1) is 0 Å². The quantitative estimate of drug-likeness (QED) is 0.626. The molecule has 0 aliphatic carbocycles. The maximum Gasteiger partial charge on any atom is 0.328 e. The van der Waals surface area contributed by atoms with Gasteiger partial charge in [0.2, 0.25) is 5.91 Å². The second kappa shape index (κ2) is 7.47. The number of aryl methyl sites for hydroxylation is 1. The molecule has 1 aromatic rings. The third kappa shape index (κ3) is 4.87. The first-order chi connectivity index (χ1) is 9.43. The second-order valence-corrected chi connectivity index (χ2v) is 4.93. The Balaban J connectivity index is 2.64. The number of hydrogen-bond donors (Lipinski definition) is 1. The lowest BCUT2D eigenvalue weighted by Crippen LogP contribution is -2.41. The zero-order valence-corrected chi connectivity index (χ0v) is 12.3. The van der Waals surface area contributed by atoms with E-state index in [4.69, 9.17) is 4.74 Å². The molecule has 0 saturated heterocycles. The Morgan fingerprint density at radius 1 is 1.50 bits per heavy atom. The number of carbonyl (C=O) groups is 2. The Bertz CT molecular complexity index is 492. The summed E-state index contributed by atoms with van der Waals surface area (Å²) in [6.07, 6.45) is 5.21. The van der Waals surface area contributed by atoms with Crippen molar-refractivity contribution in [1.82, 2.24) is 15.1 Å². The molecule has 20 heavy (non-hydrogen) atoms. The molecule has 110 valence electrons. The molecule has 1 amide bonds. The standard InChI is InChI=1S/C14H21N3O3/c1-10(2)9-12(14(19)20-4)16-13(18)6-5-11-7-8-15-17(11)3/h5-8,10,12H,9H2,1-4H3,(H,16,18)/b6-5+. The number of esters is 1. The van der Waals surface area contributed by atoms with Gasteiger partial charge in [-0.25, -0.2) is 4.79 Å². The molecule has 0 aliphatic rings. The van der Waals surface area contributed by atoms with Gasteiger partial charge in [0.15, 0.2) is 0 Å². The Kier molecular flexibility index (Phi) is 5.96. The van der Waals surface area contributed by atoms with Gasteiger partial charge in [-0.05, 0) is 24.5 Å². The molecule has 0 radical (unpaired) electrons. The van der Waals surface area contributed by atoms with Gasteiger partial charge in [-0.1, -0.05) is 13.8 Å². The van der Waals surface area contributed by atoms with Crippen molar-refractivity contribution in [2.24, 2.45) is 13.0 Å². The summed E-state index contributed by atoms with van der Waals surface area (Å²) in [5, 5.41) is 6.65. The third-order valence-corrected chi connectivity index (χ3v) is 2.77. The van der Waals surface area contributed by atoms with E-state index >= 15 is 0 Å². The van der Waals surface area contributed by atoms with Gasteiger partial charge >= 0.3 is 5.97 Å². The molecule has 1 aromatic heterocycles. The van der Waals surface area contributed by atoms with Crippen LogP contribution in [0.25, 0.3) is 6.08 Å². The van der Waals surface area contributed by atoms with Crippen LogP contribution in [0.5, 0.6) is 0 Å². The Morgan fingerprint density at radius 2 is 2.20 bits per heavy atom. The number of ether oxygens (including phenoxy) is 1. The summed E-state index contributed by atoms with van der Waals surface area (Å²) >= 11 is 0. The highest BCUT2D eigenvalue weighted by atomic mass is 16.5. The normalized spacial score (nSPS) is 12.7. The Hall–Kier alpha value is -2.11. The van der Waals surface area contributed by atoms with E-state index in [1.165, 1.54) is 13.2 Å². The number of amides is 1. The van der Waals surface area contributed by atoms with Crippen molar-refractivity contribution in [2.75, 3.05) is 7.11 Å². The first-order valence-electron chi connectivity index (χ1n) is 6.48. The molecule has 1 atom stereocenters. The molecule has 0 spiro atoms. The molecule has 0 aromatic carbocycles. The minimum Gasteiger partial charge on any atom is -0.467 e. The summed E-state index contributed by atoms with van der Waals surface area (Å²) in [5.41, 5.74) is 0.804. The molecule has 6 nitrogen and oxygen atoms in total. The number of aromatic nitrogens is 2. The maximum atomic E-state index is 11.8. The fourth-order valence-corrected chi connectivity index (χ4v) is 1.76. The van der Waals surface area contributed by atoms with Crippen molar-refractivity contribution in [3.8, 4) is 0 Å². The van der Waals surface area contributed by atoms with Gasteiger partial charge < -0.3 is 10.1 Å². The van der Waals surface area contributed by atoms with Crippen molar-refractivity contribution < 1.29 is 14.3 Å². The van der Waals surface area contributed by atoms with Crippen molar-refractivity contribution in [2.45, 2.75) is 26.3 Å². The predicted molar refractivity (Wildman–Crippen MR) is 75.6 cm³/mol. The van der Waals surface area contributed by atoms with Gasteiger partial charge in [0.1, 0.15) is 6.04 Å². The number of rotatable bonds is 6. The molecule has 0 fully saturated rings. The molecule has 1 unspecified atom stereocenters. The monoisotopic (exact) mass is 279 g/mol. The van der Waals surface area contributed by atoms with Crippen LogP contribution >= 0.6 is 0 Å². The van der Waals surface area contributed by atoms with Crippen LogP contribution in [0.15, 0.2) is 18.3 Å². The summed E-state index contributed by atoms with van der Waals surface area (Å²) in [7, 11) is 3.10. The lowest BCUT2D eigenvalue weighted by molar-refractivity contribution is -0.145. The van der Waals surface area contributed by atoms with Crippen LogP contribution < -0.4 is 5.32 Å². The van der Waals surface area contributed by atoms with E-state index in [0.29, 0.717) is 6.42 Å². The summed E-state index contributed by atoms with van der Waals surface area (Å²) in [6.45, 7) is 3.96. The summed E-state index contributed by atoms with van der Waals surface area (Å²) in [6, 6.07) is 1.17. The lowest BCUT2D eigenvalue weighted by atomic mass is 10.0. The molecule has 0 aliphatic heterocycles. The van der Waals surface area contributed by atoms with Gasteiger partial charge in [-0.3, -0.25) is 9.48 Å². The first kappa shape index (κ1) is 15.9. The zero-order valence-electron chi connectivity index (χ0n) is 12.3. The van der Waals surface area contributed by atoms with E-state index in [0.717, 1.165) is 5.69 Å². The van der Waals surface area contributed by atoms with Crippen molar-refractivity contribution in [3.05, 3.63) is 24.0 Å². The average molecular weight is 279 g/mol. The average Bonchev–Trinajstić information content (AvgIpc) is 2.79. The zero-order chi connectivity index (χ0) is 15.1. The van der Waals surface area contributed by atoms with E-state index in [9.17, 15) is 9.59 Å². The maximum absolute atomic E-state index is 11.8. The highest BCUT2D eigenvalue weighted by Gasteiger charge is 2.21. The minimum absolute atomic E-state index is 0.278. The fourth-order valence-electron chi connectivity index (χ4n) is 1.76. The molecule has 1 heterocycles. The first-order valence-corrected chi connectivity index (χ1v) is 6.48. The van der Waals surface area contributed by atoms with E-state index in [-0.39, 0.29) is 11.8 Å². The summed E-state index contributed by atoms with van der Waals surface area (Å²) < 4.78 is 6.34. The molecule has 0 bridgehead atoms. The van der Waals surface area contributed by atoms with Crippen LogP contribution in [0.1, 0.15) is 26.0 Å². The third-order valence-electron chi connectivity index (χ3n) is 2.77.